The third-order valence-electron chi connectivity index (χ3n) is 3.99. The van der Waals surface area contributed by atoms with Crippen molar-refractivity contribution in [2.24, 2.45) is 0 Å². The molecule has 5 aromatic rings. The van der Waals surface area contributed by atoms with E-state index >= 15 is 0 Å². The van der Waals surface area contributed by atoms with Crippen LogP contribution in [-0.2, 0) is 0 Å². The van der Waals surface area contributed by atoms with Crippen molar-refractivity contribution < 1.29 is 4.42 Å². The summed E-state index contributed by atoms with van der Waals surface area (Å²) < 4.78 is 5.79. The lowest BCUT2D eigenvalue weighted by Crippen LogP contribution is -1.89. The first-order chi connectivity index (χ1) is 11.4. The molecule has 4 heterocycles. The van der Waals surface area contributed by atoms with Gasteiger partial charge in [-0.2, -0.15) is 0 Å². The van der Waals surface area contributed by atoms with Crippen molar-refractivity contribution in [3.05, 3.63) is 67.0 Å². The van der Waals surface area contributed by atoms with E-state index in [1.165, 1.54) is 0 Å². The second kappa shape index (κ2) is 4.61. The first-order valence-corrected chi connectivity index (χ1v) is 7.38. The van der Waals surface area contributed by atoms with Gasteiger partial charge in [-0.25, -0.2) is 4.98 Å². The molecule has 0 atom stereocenters. The van der Waals surface area contributed by atoms with Gasteiger partial charge in [-0.3, -0.25) is 9.97 Å². The Kier molecular flexibility index (Phi) is 2.46. The summed E-state index contributed by atoms with van der Waals surface area (Å²) in [6, 6.07) is 17.8. The molecule has 0 aliphatic rings. The quantitative estimate of drug-likeness (QED) is 0.454. The molecule has 0 aliphatic heterocycles. The lowest BCUT2D eigenvalue weighted by atomic mass is 10.1. The van der Waals surface area contributed by atoms with Crippen LogP contribution in [0.3, 0.4) is 0 Å². The molecule has 0 amide bonds. The van der Waals surface area contributed by atoms with Gasteiger partial charge in [0.05, 0.1) is 11.4 Å². The van der Waals surface area contributed by atoms with E-state index in [2.05, 4.69) is 22.1 Å². The maximum Gasteiger partial charge on any atom is 0.155 e. The molecule has 0 aliphatic carbocycles. The van der Waals surface area contributed by atoms with Crippen LogP contribution in [0.5, 0.6) is 0 Å². The topological polar surface area (TPSA) is 51.8 Å². The zero-order chi connectivity index (χ0) is 15.2. The minimum atomic E-state index is 0.739. The van der Waals surface area contributed by atoms with Crippen LogP contribution in [0.2, 0.25) is 0 Å². The number of fused-ring (bicyclic) bond motifs is 4. The van der Waals surface area contributed by atoms with E-state index in [-0.39, 0.29) is 0 Å². The number of hydrogen-bond donors (Lipinski definition) is 0. The number of furan rings is 1. The Morgan fingerprint density at radius 3 is 2.61 bits per heavy atom. The van der Waals surface area contributed by atoms with Crippen LogP contribution in [0.15, 0.2) is 71.4 Å². The van der Waals surface area contributed by atoms with Crippen LogP contribution in [0, 0.1) is 0 Å². The van der Waals surface area contributed by atoms with E-state index in [1.807, 2.05) is 48.7 Å². The third kappa shape index (κ3) is 1.82. The lowest BCUT2D eigenvalue weighted by Gasteiger charge is -2.04. The normalized spacial score (nSPS) is 11.5. The predicted octanol–water partition coefficient (Wildman–Crippen LogP) is 4.59. The molecule has 0 saturated carbocycles. The van der Waals surface area contributed by atoms with Gasteiger partial charge in [-0.1, -0.05) is 24.3 Å². The zero-order valence-corrected chi connectivity index (χ0v) is 12.1. The molecule has 4 aromatic heterocycles. The fraction of sp³-hybridized carbons (Fsp3) is 0. The van der Waals surface area contributed by atoms with Crippen molar-refractivity contribution in [1.82, 2.24) is 15.0 Å². The highest BCUT2D eigenvalue weighted by Gasteiger charge is 2.12. The number of nitrogens with zero attached hydrogens (tertiary/aromatic N) is 3. The van der Waals surface area contributed by atoms with Crippen LogP contribution >= 0.6 is 0 Å². The van der Waals surface area contributed by atoms with Gasteiger partial charge in [-0.15, -0.1) is 0 Å². The van der Waals surface area contributed by atoms with Gasteiger partial charge < -0.3 is 4.42 Å². The highest BCUT2D eigenvalue weighted by Crippen LogP contribution is 2.30. The van der Waals surface area contributed by atoms with Crippen molar-refractivity contribution >= 4 is 33.0 Å². The van der Waals surface area contributed by atoms with Gasteiger partial charge >= 0.3 is 0 Å². The van der Waals surface area contributed by atoms with E-state index in [9.17, 15) is 0 Å². The smallest absolute Gasteiger partial charge is 0.155 e. The molecule has 0 spiro atoms. The number of hydrogen-bond acceptors (Lipinski definition) is 4. The molecule has 23 heavy (non-hydrogen) atoms. The molecule has 5 rings (SSSR count). The number of benzene rings is 1. The molecule has 0 fully saturated rings. The fourth-order valence-corrected chi connectivity index (χ4v) is 2.92. The molecule has 4 heteroatoms. The molecular weight excluding hydrogens is 286 g/mol. The van der Waals surface area contributed by atoms with E-state index in [0.29, 0.717) is 0 Å². The average molecular weight is 297 g/mol. The van der Waals surface area contributed by atoms with Gasteiger partial charge in [0, 0.05) is 17.8 Å². The molecule has 108 valence electrons. The van der Waals surface area contributed by atoms with Crippen molar-refractivity contribution in [2.45, 2.75) is 0 Å². The molecule has 0 N–H and O–H groups in total. The SMILES string of the molecule is c1ccc2c(-c3ccc4oc5cccnc5c4n3)nccc2c1. The molecular formula is C19H11N3O. The summed E-state index contributed by atoms with van der Waals surface area (Å²) in [5.74, 6) is 0. The second-order valence-corrected chi connectivity index (χ2v) is 5.38. The van der Waals surface area contributed by atoms with E-state index in [1.54, 1.807) is 6.20 Å². The minimum absolute atomic E-state index is 0.739. The first-order valence-electron chi connectivity index (χ1n) is 7.38. The molecule has 0 unspecified atom stereocenters. The van der Waals surface area contributed by atoms with Gasteiger partial charge in [0.15, 0.2) is 11.2 Å². The maximum atomic E-state index is 5.79. The standard InChI is InChI=1S/C19H11N3O/c1-2-5-13-12(4-1)9-11-21-17(13)14-7-8-16-19(22-14)18-15(23-16)6-3-10-20-18/h1-11H. The van der Waals surface area contributed by atoms with E-state index in [4.69, 9.17) is 9.40 Å². The van der Waals surface area contributed by atoms with Crippen LogP contribution in [0.25, 0.3) is 44.4 Å². The number of pyridine rings is 3. The Morgan fingerprint density at radius 1 is 0.696 bits per heavy atom. The summed E-state index contributed by atoms with van der Waals surface area (Å²) >= 11 is 0. The Labute approximate surface area is 131 Å². The van der Waals surface area contributed by atoms with E-state index < -0.39 is 0 Å². The van der Waals surface area contributed by atoms with E-state index in [0.717, 1.165) is 44.4 Å². The highest BCUT2D eigenvalue weighted by atomic mass is 16.3. The molecule has 0 saturated heterocycles. The number of rotatable bonds is 1. The fourth-order valence-electron chi connectivity index (χ4n) is 2.92. The highest BCUT2D eigenvalue weighted by molar-refractivity contribution is 6.01. The first kappa shape index (κ1) is 12.3. The van der Waals surface area contributed by atoms with Crippen LogP contribution in [0.1, 0.15) is 0 Å². The van der Waals surface area contributed by atoms with Gasteiger partial charge in [0.25, 0.3) is 0 Å². The number of aromatic nitrogens is 3. The Balaban J connectivity index is 1.84. The van der Waals surface area contributed by atoms with Crippen molar-refractivity contribution in [2.75, 3.05) is 0 Å². The minimum Gasteiger partial charge on any atom is -0.453 e. The summed E-state index contributed by atoms with van der Waals surface area (Å²) in [4.78, 5) is 13.7. The zero-order valence-electron chi connectivity index (χ0n) is 12.1. The summed E-state index contributed by atoms with van der Waals surface area (Å²) in [6.45, 7) is 0. The molecule has 4 nitrogen and oxygen atoms in total. The van der Waals surface area contributed by atoms with Crippen molar-refractivity contribution in [3.8, 4) is 11.4 Å². The van der Waals surface area contributed by atoms with Gasteiger partial charge in [-0.05, 0) is 35.7 Å². The predicted molar refractivity (Wildman–Crippen MR) is 90.0 cm³/mol. The van der Waals surface area contributed by atoms with Gasteiger partial charge in [0.2, 0.25) is 0 Å². The second-order valence-electron chi connectivity index (χ2n) is 5.38. The Bertz CT molecular complexity index is 1170. The Morgan fingerprint density at radius 2 is 1.61 bits per heavy atom. The Hall–Kier alpha value is -3.27. The van der Waals surface area contributed by atoms with Gasteiger partial charge in [0.1, 0.15) is 11.0 Å². The summed E-state index contributed by atoms with van der Waals surface area (Å²) in [7, 11) is 0. The molecule has 0 radical (unpaired) electrons. The van der Waals surface area contributed by atoms with Crippen molar-refractivity contribution in [3.63, 3.8) is 0 Å². The summed E-state index contributed by atoms with van der Waals surface area (Å²) in [6.07, 6.45) is 3.57. The van der Waals surface area contributed by atoms with Crippen LogP contribution in [-0.4, -0.2) is 15.0 Å². The average Bonchev–Trinajstić information content (AvgIpc) is 2.99. The summed E-state index contributed by atoms with van der Waals surface area (Å²) in [5.41, 5.74) is 4.73. The summed E-state index contributed by atoms with van der Waals surface area (Å²) in [5, 5.41) is 2.23. The maximum absolute atomic E-state index is 5.79. The largest absolute Gasteiger partial charge is 0.453 e. The van der Waals surface area contributed by atoms with Crippen LogP contribution < -0.4 is 0 Å². The van der Waals surface area contributed by atoms with Crippen LogP contribution in [0.4, 0.5) is 0 Å². The lowest BCUT2D eigenvalue weighted by molar-refractivity contribution is 0.667. The van der Waals surface area contributed by atoms with Crippen molar-refractivity contribution in [1.29, 1.82) is 0 Å². The monoisotopic (exact) mass is 297 g/mol. The molecule has 1 aromatic carbocycles. The third-order valence-corrected chi connectivity index (χ3v) is 3.99. The molecule has 0 bridgehead atoms.